The third-order valence-corrected chi connectivity index (χ3v) is 4.20. The Morgan fingerprint density at radius 3 is 2.85 bits per heavy atom. The number of nitrogens with zero attached hydrogens (tertiary/aromatic N) is 2. The monoisotopic (exact) mass is 307 g/mol. The minimum Gasteiger partial charge on any atom is -0.351 e. The zero-order valence-corrected chi connectivity index (χ0v) is 12.3. The minimum atomic E-state index is -0.376. The van der Waals surface area contributed by atoms with Crippen molar-refractivity contribution in [3.05, 3.63) is 40.2 Å². The highest BCUT2D eigenvalue weighted by Crippen LogP contribution is 2.33. The Labute approximate surface area is 123 Å². The highest BCUT2D eigenvalue weighted by molar-refractivity contribution is 7.23. The molecule has 1 aromatic carbocycles. The smallest absolute Gasteiger partial charge is 0.296 e. The van der Waals surface area contributed by atoms with Gasteiger partial charge in [-0.05, 0) is 25.5 Å². The Bertz CT molecular complexity index is 770. The summed E-state index contributed by atoms with van der Waals surface area (Å²) in [5, 5.41) is 7.47. The van der Waals surface area contributed by atoms with Crippen LogP contribution < -0.4 is 5.32 Å². The second-order valence-electron chi connectivity index (χ2n) is 4.35. The molecule has 2 heterocycles. The maximum atomic E-state index is 12.0. The predicted molar refractivity (Wildman–Crippen MR) is 78.6 cm³/mol. The van der Waals surface area contributed by atoms with E-state index in [4.69, 9.17) is 16.1 Å². The number of hydrogen-bond acceptors (Lipinski definition) is 5. The van der Waals surface area contributed by atoms with E-state index >= 15 is 0 Å². The molecule has 0 aliphatic rings. The van der Waals surface area contributed by atoms with Crippen LogP contribution in [0.15, 0.2) is 22.7 Å². The van der Waals surface area contributed by atoms with Gasteiger partial charge < -0.3 is 4.52 Å². The number of anilines is 1. The van der Waals surface area contributed by atoms with Gasteiger partial charge in [0.05, 0.1) is 20.9 Å². The first-order valence-corrected chi connectivity index (χ1v) is 7.04. The van der Waals surface area contributed by atoms with Crippen LogP contribution in [0.1, 0.15) is 21.8 Å². The van der Waals surface area contributed by atoms with Gasteiger partial charge in [0.2, 0.25) is 5.76 Å². The highest BCUT2D eigenvalue weighted by Gasteiger charge is 2.15. The number of hydrogen-bond donors (Lipinski definition) is 1. The van der Waals surface area contributed by atoms with Gasteiger partial charge in [-0.15, -0.1) is 0 Å². The number of nitrogens with one attached hydrogen (secondary N) is 1. The fourth-order valence-electron chi connectivity index (χ4n) is 1.78. The summed E-state index contributed by atoms with van der Waals surface area (Å²) < 4.78 is 5.77. The number of benzene rings is 1. The van der Waals surface area contributed by atoms with Crippen LogP contribution in [-0.2, 0) is 0 Å². The Morgan fingerprint density at radius 2 is 2.20 bits per heavy atom. The lowest BCUT2D eigenvalue weighted by atomic mass is 10.2. The van der Waals surface area contributed by atoms with E-state index in [9.17, 15) is 4.79 Å². The van der Waals surface area contributed by atoms with Gasteiger partial charge in [0.1, 0.15) is 0 Å². The quantitative estimate of drug-likeness (QED) is 0.781. The number of aromatic nitrogens is 2. The third kappa shape index (κ3) is 2.28. The molecule has 0 radical (unpaired) electrons. The number of halogens is 1. The summed E-state index contributed by atoms with van der Waals surface area (Å²) in [6.07, 6.45) is 0. The average Bonchev–Trinajstić information content (AvgIpc) is 3.01. The van der Waals surface area contributed by atoms with E-state index in [1.807, 2.05) is 19.1 Å². The molecule has 102 valence electrons. The van der Waals surface area contributed by atoms with Crippen LogP contribution >= 0.6 is 22.9 Å². The van der Waals surface area contributed by atoms with Crippen molar-refractivity contribution < 1.29 is 9.32 Å². The van der Waals surface area contributed by atoms with Crippen molar-refractivity contribution in [2.75, 3.05) is 5.32 Å². The van der Waals surface area contributed by atoms with E-state index in [1.54, 1.807) is 13.0 Å². The fourth-order valence-corrected chi connectivity index (χ4v) is 3.00. The number of carbonyl (C=O) groups is 1. The number of rotatable bonds is 2. The zero-order chi connectivity index (χ0) is 14.3. The van der Waals surface area contributed by atoms with Crippen molar-refractivity contribution >= 4 is 44.2 Å². The third-order valence-electron chi connectivity index (χ3n) is 2.77. The largest absolute Gasteiger partial charge is 0.351 e. The lowest BCUT2D eigenvalue weighted by molar-refractivity contribution is 0.0988. The van der Waals surface area contributed by atoms with Gasteiger partial charge in [0.15, 0.2) is 5.13 Å². The standard InChI is InChI=1S/C13H10ClN3O2S/c1-6-3-4-8(14)11-10(6)15-13(20-11)16-12(18)9-5-7(2)17-19-9/h3-5H,1-2H3,(H,15,16,18). The number of fused-ring (bicyclic) bond motifs is 1. The maximum absolute atomic E-state index is 12.0. The van der Waals surface area contributed by atoms with Crippen molar-refractivity contribution in [1.29, 1.82) is 0 Å². The second-order valence-corrected chi connectivity index (χ2v) is 5.75. The first kappa shape index (κ1) is 13.1. The fraction of sp³-hybridized carbons (Fsp3) is 0.154. The van der Waals surface area contributed by atoms with Gasteiger partial charge in [0, 0.05) is 6.07 Å². The van der Waals surface area contributed by atoms with Gasteiger partial charge in [-0.25, -0.2) is 4.98 Å². The highest BCUT2D eigenvalue weighted by atomic mass is 35.5. The van der Waals surface area contributed by atoms with Crippen molar-refractivity contribution in [2.45, 2.75) is 13.8 Å². The molecule has 0 aliphatic carbocycles. The molecule has 0 bridgehead atoms. The average molecular weight is 308 g/mol. The molecule has 2 aromatic heterocycles. The van der Waals surface area contributed by atoms with E-state index < -0.39 is 0 Å². The molecule has 3 aromatic rings. The minimum absolute atomic E-state index is 0.157. The topological polar surface area (TPSA) is 68.0 Å². The Morgan fingerprint density at radius 1 is 1.40 bits per heavy atom. The number of aryl methyl sites for hydroxylation is 2. The summed E-state index contributed by atoms with van der Waals surface area (Å²) in [5.41, 5.74) is 2.46. The first-order chi connectivity index (χ1) is 9.54. The molecule has 7 heteroatoms. The molecule has 0 unspecified atom stereocenters. The summed E-state index contributed by atoms with van der Waals surface area (Å²) in [6.45, 7) is 3.70. The van der Waals surface area contributed by atoms with Crippen LogP contribution in [0, 0.1) is 13.8 Å². The summed E-state index contributed by atoms with van der Waals surface area (Å²) in [4.78, 5) is 16.3. The number of thiazole rings is 1. The molecule has 20 heavy (non-hydrogen) atoms. The van der Waals surface area contributed by atoms with Crippen molar-refractivity contribution in [3.8, 4) is 0 Å². The Kier molecular flexibility index (Phi) is 3.19. The molecule has 0 aliphatic heterocycles. The van der Waals surface area contributed by atoms with E-state index in [-0.39, 0.29) is 11.7 Å². The normalized spacial score (nSPS) is 10.9. The molecule has 1 N–H and O–H groups in total. The summed E-state index contributed by atoms with van der Waals surface area (Å²) in [7, 11) is 0. The van der Waals surface area contributed by atoms with Crippen molar-refractivity contribution in [3.63, 3.8) is 0 Å². The van der Waals surface area contributed by atoms with Crippen molar-refractivity contribution in [2.24, 2.45) is 0 Å². The molecule has 5 nitrogen and oxygen atoms in total. The molecule has 0 fully saturated rings. The van der Waals surface area contributed by atoms with Gasteiger partial charge >= 0.3 is 0 Å². The van der Waals surface area contributed by atoms with Crippen LogP contribution in [0.5, 0.6) is 0 Å². The lowest BCUT2D eigenvalue weighted by Crippen LogP contribution is -2.10. The molecular formula is C13H10ClN3O2S. The molecule has 0 spiro atoms. The van der Waals surface area contributed by atoms with Gasteiger partial charge in [-0.1, -0.05) is 34.2 Å². The molecule has 0 saturated carbocycles. The molecule has 1 amide bonds. The molecule has 0 saturated heterocycles. The van der Waals surface area contributed by atoms with Crippen molar-refractivity contribution in [1.82, 2.24) is 10.1 Å². The van der Waals surface area contributed by atoms with E-state index in [2.05, 4.69) is 15.5 Å². The predicted octanol–water partition coefficient (Wildman–Crippen LogP) is 3.81. The first-order valence-electron chi connectivity index (χ1n) is 5.85. The van der Waals surface area contributed by atoms with Gasteiger partial charge in [-0.2, -0.15) is 0 Å². The van der Waals surface area contributed by atoms with E-state index in [0.29, 0.717) is 15.8 Å². The summed E-state index contributed by atoms with van der Waals surface area (Å²) >= 11 is 7.46. The summed E-state index contributed by atoms with van der Waals surface area (Å²) in [5.74, 6) is -0.219. The van der Waals surface area contributed by atoms with Gasteiger partial charge in [0.25, 0.3) is 5.91 Å². The van der Waals surface area contributed by atoms with Crippen LogP contribution in [0.25, 0.3) is 10.2 Å². The van der Waals surface area contributed by atoms with Gasteiger partial charge in [-0.3, -0.25) is 10.1 Å². The van der Waals surface area contributed by atoms with Crippen LogP contribution in [-0.4, -0.2) is 16.0 Å². The molecule has 0 atom stereocenters. The number of carbonyl (C=O) groups excluding carboxylic acids is 1. The molecular weight excluding hydrogens is 298 g/mol. The summed E-state index contributed by atoms with van der Waals surface area (Å²) in [6, 6.07) is 5.29. The Balaban J connectivity index is 1.93. The Hall–Kier alpha value is -1.92. The molecule has 3 rings (SSSR count). The second kappa shape index (κ2) is 4.88. The van der Waals surface area contributed by atoms with E-state index in [0.717, 1.165) is 15.8 Å². The zero-order valence-electron chi connectivity index (χ0n) is 10.7. The van der Waals surface area contributed by atoms with E-state index in [1.165, 1.54) is 11.3 Å². The maximum Gasteiger partial charge on any atom is 0.296 e. The lowest BCUT2D eigenvalue weighted by Gasteiger charge is -1.95. The number of amides is 1. The van der Waals surface area contributed by atoms with Crippen LogP contribution in [0.4, 0.5) is 5.13 Å². The van der Waals surface area contributed by atoms with Crippen LogP contribution in [0.3, 0.4) is 0 Å². The SMILES string of the molecule is Cc1cc(C(=O)Nc2nc3c(C)ccc(Cl)c3s2)on1. The van der Waals surface area contributed by atoms with Crippen LogP contribution in [0.2, 0.25) is 5.02 Å².